The van der Waals surface area contributed by atoms with Crippen LogP contribution in [-0.2, 0) is 9.53 Å². The van der Waals surface area contributed by atoms with Crippen molar-refractivity contribution in [3.8, 4) is 0 Å². The van der Waals surface area contributed by atoms with E-state index in [2.05, 4.69) is 17.3 Å². The van der Waals surface area contributed by atoms with Crippen molar-refractivity contribution in [2.45, 2.75) is 50.6 Å². The Morgan fingerprint density at radius 2 is 2.00 bits per heavy atom. The Kier molecular flexibility index (Phi) is 5.41. The van der Waals surface area contributed by atoms with Crippen LogP contribution in [-0.4, -0.2) is 60.9 Å². The van der Waals surface area contributed by atoms with Crippen LogP contribution in [0.1, 0.15) is 39.0 Å². The Morgan fingerprint density at radius 3 is 2.55 bits per heavy atom. The van der Waals surface area contributed by atoms with E-state index in [0.29, 0.717) is 18.4 Å². The second kappa shape index (κ2) is 6.87. The molecule has 2 aliphatic rings. The van der Waals surface area contributed by atoms with E-state index in [0.717, 1.165) is 52.0 Å². The molecule has 5 heteroatoms. The topological polar surface area (TPSA) is 61.8 Å². The van der Waals surface area contributed by atoms with Gasteiger partial charge in [0.1, 0.15) is 5.54 Å². The van der Waals surface area contributed by atoms with Crippen molar-refractivity contribution in [2.24, 2.45) is 5.92 Å². The van der Waals surface area contributed by atoms with Gasteiger partial charge in [-0.1, -0.05) is 0 Å². The standard InChI is InChI=1S/C15H28N2O3/c1-15(14(18)19,16-13-3-4-13)7-8-17(2)11-12-5-9-20-10-6-12/h12-13,16H,3-11H2,1-2H3,(H,18,19). The fourth-order valence-corrected chi connectivity index (χ4v) is 2.79. The lowest BCUT2D eigenvalue weighted by atomic mass is 9.96. The number of nitrogens with one attached hydrogen (secondary N) is 1. The fraction of sp³-hybridized carbons (Fsp3) is 0.933. The SMILES string of the molecule is CN(CCC(C)(NC1CC1)C(=O)O)CC1CCOCC1. The minimum Gasteiger partial charge on any atom is -0.480 e. The maximum Gasteiger partial charge on any atom is 0.323 e. The molecule has 1 aliphatic heterocycles. The van der Waals surface area contributed by atoms with Gasteiger partial charge in [-0.15, -0.1) is 0 Å². The highest BCUT2D eigenvalue weighted by molar-refractivity contribution is 5.78. The predicted octanol–water partition coefficient (Wildman–Crippen LogP) is 1.33. The molecule has 0 aromatic heterocycles. The first-order valence-corrected chi connectivity index (χ1v) is 7.77. The first-order valence-electron chi connectivity index (χ1n) is 7.77. The Labute approximate surface area is 121 Å². The average molecular weight is 284 g/mol. The van der Waals surface area contributed by atoms with E-state index in [1.165, 1.54) is 0 Å². The second-order valence-electron chi connectivity index (χ2n) is 6.62. The Bertz CT molecular complexity index is 327. The number of hydrogen-bond donors (Lipinski definition) is 2. The van der Waals surface area contributed by atoms with Gasteiger partial charge in [-0.2, -0.15) is 0 Å². The largest absolute Gasteiger partial charge is 0.480 e. The summed E-state index contributed by atoms with van der Waals surface area (Å²) in [6, 6.07) is 0.414. The molecule has 0 aromatic carbocycles. The van der Waals surface area contributed by atoms with Gasteiger partial charge < -0.3 is 14.7 Å². The molecule has 0 bridgehead atoms. The van der Waals surface area contributed by atoms with Gasteiger partial charge in [0.05, 0.1) is 0 Å². The Hall–Kier alpha value is -0.650. The molecule has 2 rings (SSSR count). The number of carboxylic acids is 1. The minimum atomic E-state index is -0.787. The first-order chi connectivity index (χ1) is 9.49. The molecule has 116 valence electrons. The molecule has 5 nitrogen and oxygen atoms in total. The summed E-state index contributed by atoms with van der Waals surface area (Å²) in [4.78, 5) is 13.8. The zero-order valence-electron chi connectivity index (χ0n) is 12.7. The molecule has 1 aliphatic carbocycles. The van der Waals surface area contributed by atoms with Crippen LogP contribution in [0.4, 0.5) is 0 Å². The number of ether oxygens (including phenoxy) is 1. The number of carbonyl (C=O) groups is 1. The van der Waals surface area contributed by atoms with Crippen LogP contribution in [0.3, 0.4) is 0 Å². The van der Waals surface area contributed by atoms with Gasteiger partial charge in [0.25, 0.3) is 0 Å². The fourth-order valence-electron chi connectivity index (χ4n) is 2.79. The normalized spacial score (nSPS) is 23.8. The van der Waals surface area contributed by atoms with Gasteiger partial charge in [0, 0.05) is 32.3 Å². The summed E-state index contributed by atoms with van der Waals surface area (Å²) in [5.41, 5.74) is -0.787. The summed E-state index contributed by atoms with van der Waals surface area (Å²) in [7, 11) is 2.09. The summed E-state index contributed by atoms with van der Waals surface area (Å²) in [5, 5.41) is 12.7. The first kappa shape index (κ1) is 15.7. The van der Waals surface area contributed by atoms with Crippen LogP contribution in [0.25, 0.3) is 0 Å². The zero-order chi connectivity index (χ0) is 14.6. The molecule has 20 heavy (non-hydrogen) atoms. The number of aliphatic carboxylic acids is 1. The third-order valence-electron chi connectivity index (χ3n) is 4.48. The van der Waals surface area contributed by atoms with Gasteiger partial charge in [-0.3, -0.25) is 10.1 Å². The van der Waals surface area contributed by atoms with Crippen LogP contribution in [0.5, 0.6) is 0 Å². The lowest BCUT2D eigenvalue weighted by Gasteiger charge is -2.31. The van der Waals surface area contributed by atoms with Gasteiger partial charge in [-0.25, -0.2) is 0 Å². The molecule has 0 spiro atoms. The van der Waals surface area contributed by atoms with Crippen molar-refractivity contribution in [1.29, 1.82) is 0 Å². The monoisotopic (exact) mass is 284 g/mol. The Morgan fingerprint density at radius 1 is 1.35 bits per heavy atom. The molecule has 2 fully saturated rings. The quantitative estimate of drug-likeness (QED) is 0.704. The number of nitrogens with zero attached hydrogens (tertiary/aromatic N) is 1. The maximum atomic E-state index is 11.5. The van der Waals surface area contributed by atoms with E-state index >= 15 is 0 Å². The van der Waals surface area contributed by atoms with E-state index in [4.69, 9.17) is 4.74 Å². The minimum absolute atomic E-state index is 0.414. The van der Waals surface area contributed by atoms with E-state index in [1.54, 1.807) is 0 Å². The van der Waals surface area contributed by atoms with Crippen molar-refractivity contribution in [2.75, 3.05) is 33.4 Å². The van der Waals surface area contributed by atoms with Gasteiger partial charge >= 0.3 is 5.97 Å². The maximum absolute atomic E-state index is 11.5. The Balaban J connectivity index is 1.74. The highest BCUT2D eigenvalue weighted by Crippen LogP contribution is 2.24. The molecule has 1 saturated heterocycles. The molecule has 1 atom stereocenters. The third-order valence-corrected chi connectivity index (χ3v) is 4.48. The summed E-state index contributed by atoms with van der Waals surface area (Å²) in [6.07, 6.45) is 5.13. The summed E-state index contributed by atoms with van der Waals surface area (Å²) in [6.45, 7) is 5.42. The van der Waals surface area contributed by atoms with Crippen molar-refractivity contribution in [1.82, 2.24) is 10.2 Å². The lowest BCUT2D eigenvalue weighted by molar-refractivity contribution is -0.144. The van der Waals surface area contributed by atoms with Gasteiger partial charge in [-0.05, 0) is 52.0 Å². The zero-order valence-corrected chi connectivity index (χ0v) is 12.7. The van der Waals surface area contributed by atoms with Crippen molar-refractivity contribution in [3.05, 3.63) is 0 Å². The third kappa shape index (κ3) is 4.72. The lowest BCUT2D eigenvalue weighted by Crippen LogP contribution is -2.52. The van der Waals surface area contributed by atoms with Crippen LogP contribution >= 0.6 is 0 Å². The second-order valence-corrected chi connectivity index (χ2v) is 6.62. The molecule has 2 N–H and O–H groups in total. The van der Waals surface area contributed by atoms with Gasteiger partial charge in [0.2, 0.25) is 0 Å². The molecule has 1 saturated carbocycles. The number of hydrogen-bond acceptors (Lipinski definition) is 4. The van der Waals surface area contributed by atoms with Crippen molar-refractivity contribution in [3.63, 3.8) is 0 Å². The highest BCUT2D eigenvalue weighted by Gasteiger charge is 2.38. The van der Waals surface area contributed by atoms with E-state index in [1.807, 2.05) is 6.92 Å². The molecule has 1 unspecified atom stereocenters. The predicted molar refractivity (Wildman–Crippen MR) is 77.9 cm³/mol. The van der Waals surface area contributed by atoms with Crippen molar-refractivity contribution < 1.29 is 14.6 Å². The highest BCUT2D eigenvalue weighted by atomic mass is 16.5. The van der Waals surface area contributed by atoms with E-state index in [9.17, 15) is 9.90 Å². The molecule has 0 aromatic rings. The summed E-state index contributed by atoms with van der Waals surface area (Å²) < 4.78 is 5.37. The molecular formula is C15H28N2O3. The average Bonchev–Trinajstić information content (AvgIpc) is 3.21. The summed E-state index contributed by atoms with van der Waals surface area (Å²) in [5.74, 6) is -0.0370. The molecule has 0 amide bonds. The number of rotatable bonds is 8. The van der Waals surface area contributed by atoms with E-state index < -0.39 is 11.5 Å². The number of carboxylic acid groups (broad SMARTS) is 1. The van der Waals surface area contributed by atoms with Crippen LogP contribution in [0.2, 0.25) is 0 Å². The van der Waals surface area contributed by atoms with E-state index in [-0.39, 0.29) is 0 Å². The van der Waals surface area contributed by atoms with Gasteiger partial charge in [0.15, 0.2) is 0 Å². The smallest absolute Gasteiger partial charge is 0.323 e. The van der Waals surface area contributed by atoms with Crippen LogP contribution in [0.15, 0.2) is 0 Å². The van der Waals surface area contributed by atoms with Crippen LogP contribution < -0.4 is 5.32 Å². The molecule has 1 heterocycles. The van der Waals surface area contributed by atoms with Crippen molar-refractivity contribution >= 4 is 5.97 Å². The van der Waals surface area contributed by atoms with Crippen LogP contribution in [0, 0.1) is 5.92 Å². The molecule has 0 radical (unpaired) electrons. The summed E-state index contributed by atoms with van der Waals surface area (Å²) >= 11 is 0. The molecular weight excluding hydrogens is 256 g/mol.